The lowest BCUT2D eigenvalue weighted by atomic mass is 10.1. The number of unbranched alkanes of at least 4 members (excludes halogenated alkanes) is 1. The summed E-state index contributed by atoms with van der Waals surface area (Å²) in [5, 5.41) is 0. The number of rotatable bonds is 8. The fourth-order valence-corrected chi connectivity index (χ4v) is 1.51. The van der Waals surface area contributed by atoms with Gasteiger partial charge in [0.25, 0.3) is 0 Å². The van der Waals surface area contributed by atoms with Gasteiger partial charge in [-0.25, -0.2) is 4.79 Å². The van der Waals surface area contributed by atoms with Crippen molar-refractivity contribution in [1.82, 2.24) is 0 Å². The normalized spacial score (nSPS) is 10.0. The molecule has 0 saturated carbocycles. The van der Waals surface area contributed by atoms with Gasteiger partial charge in [-0.1, -0.05) is 25.5 Å². The molecule has 4 nitrogen and oxygen atoms in total. The number of carbonyl (C=O) groups excluding carboxylic acids is 2. The second-order valence-corrected chi connectivity index (χ2v) is 4.39. The smallest absolute Gasteiger partial charge is 0.344 e. The van der Waals surface area contributed by atoms with Gasteiger partial charge in [0.2, 0.25) is 0 Å². The minimum absolute atomic E-state index is 0.0875. The predicted octanol–water partition coefficient (Wildman–Crippen LogP) is 2.54. The molecular formula is C15H20O4. The summed E-state index contributed by atoms with van der Waals surface area (Å²) in [5.74, 6) is 0.356. The number of hydrogen-bond donors (Lipinski definition) is 0. The van der Waals surface area contributed by atoms with Gasteiger partial charge in [-0.05, 0) is 31.0 Å². The van der Waals surface area contributed by atoms with Crippen LogP contribution in [0.3, 0.4) is 0 Å². The third-order valence-electron chi connectivity index (χ3n) is 2.49. The molecule has 0 N–H and O–H groups in total. The van der Waals surface area contributed by atoms with E-state index in [1.54, 1.807) is 19.1 Å². The highest BCUT2D eigenvalue weighted by molar-refractivity contribution is 5.78. The Kier molecular flexibility index (Phi) is 6.64. The maximum atomic E-state index is 11.3. The SMILES string of the molecule is CCCCOC(=O)COc1ccc(CC(C)=O)cc1. The zero-order chi connectivity index (χ0) is 14.1. The number of benzene rings is 1. The van der Waals surface area contributed by atoms with E-state index in [2.05, 4.69) is 0 Å². The molecule has 1 aromatic rings. The highest BCUT2D eigenvalue weighted by Gasteiger charge is 2.04. The summed E-state index contributed by atoms with van der Waals surface area (Å²) in [6.45, 7) is 3.94. The van der Waals surface area contributed by atoms with E-state index in [0.717, 1.165) is 18.4 Å². The maximum Gasteiger partial charge on any atom is 0.344 e. The predicted molar refractivity (Wildman–Crippen MR) is 72.2 cm³/mol. The molecule has 104 valence electrons. The van der Waals surface area contributed by atoms with Crippen molar-refractivity contribution in [3.05, 3.63) is 29.8 Å². The Morgan fingerprint density at radius 1 is 1.16 bits per heavy atom. The third kappa shape index (κ3) is 6.60. The van der Waals surface area contributed by atoms with Crippen molar-refractivity contribution in [2.45, 2.75) is 33.1 Å². The molecule has 0 bridgehead atoms. The van der Waals surface area contributed by atoms with Gasteiger partial charge in [-0.3, -0.25) is 4.79 Å². The lowest BCUT2D eigenvalue weighted by Gasteiger charge is -2.07. The Morgan fingerprint density at radius 3 is 2.42 bits per heavy atom. The van der Waals surface area contributed by atoms with Crippen molar-refractivity contribution in [3.8, 4) is 5.75 Å². The van der Waals surface area contributed by atoms with Crippen molar-refractivity contribution in [1.29, 1.82) is 0 Å². The van der Waals surface area contributed by atoms with Crippen LogP contribution in [0.5, 0.6) is 5.75 Å². The Balaban J connectivity index is 2.33. The number of ketones is 1. The van der Waals surface area contributed by atoms with Crippen LogP contribution in [0, 0.1) is 0 Å². The Bertz CT molecular complexity index is 409. The van der Waals surface area contributed by atoms with Crippen LogP contribution in [0.1, 0.15) is 32.3 Å². The van der Waals surface area contributed by atoms with Crippen molar-refractivity contribution in [3.63, 3.8) is 0 Å². The molecule has 0 fully saturated rings. The first-order valence-electron chi connectivity index (χ1n) is 6.48. The molecule has 0 aromatic heterocycles. The Morgan fingerprint density at radius 2 is 1.84 bits per heavy atom. The van der Waals surface area contributed by atoms with Crippen LogP contribution in [0.25, 0.3) is 0 Å². The van der Waals surface area contributed by atoms with E-state index in [0.29, 0.717) is 18.8 Å². The van der Waals surface area contributed by atoms with Gasteiger partial charge in [-0.15, -0.1) is 0 Å². The summed E-state index contributed by atoms with van der Waals surface area (Å²) >= 11 is 0. The van der Waals surface area contributed by atoms with Crippen LogP contribution < -0.4 is 4.74 Å². The molecule has 0 aliphatic carbocycles. The minimum Gasteiger partial charge on any atom is -0.482 e. The average molecular weight is 264 g/mol. The largest absolute Gasteiger partial charge is 0.482 e. The van der Waals surface area contributed by atoms with Crippen molar-refractivity contribution in [2.75, 3.05) is 13.2 Å². The highest BCUT2D eigenvalue weighted by Crippen LogP contribution is 2.12. The topological polar surface area (TPSA) is 52.6 Å². The van der Waals surface area contributed by atoms with Crippen LogP contribution in [-0.2, 0) is 20.7 Å². The lowest BCUT2D eigenvalue weighted by Crippen LogP contribution is -2.15. The molecule has 1 rings (SSSR count). The van der Waals surface area contributed by atoms with E-state index in [1.165, 1.54) is 0 Å². The molecule has 4 heteroatoms. The average Bonchev–Trinajstić information content (AvgIpc) is 2.37. The second kappa shape index (κ2) is 8.29. The number of carbonyl (C=O) groups is 2. The molecule has 1 aromatic carbocycles. The van der Waals surface area contributed by atoms with Gasteiger partial charge < -0.3 is 9.47 Å². The molecular weight excluding hydrogens is 244 g/mol. The van der Waals surface area contributed by atoms with Gasteiger partial charge in [0.05, 0.1) is 6.61 Å². The van der Waals surface area contributed by atoms with Crippen LogP contribution in [-0.4, -0.2) is 25.0 Å². The van der Waals surface area contributed by atoms with E-state index in [9.17, 15) is 9.59 Å². The molecule has 0 aliphatic heterocycles. The fraction of sp³-hybridized carbons (Fsp3) is 0.467. The number of hydrogen-bond acceptors (Lipinski definition) is 4. The summed E-state index contributed by atoms with van der Waals surface area (Å²) in [6.07, 6.45) is 2.27. The zero-order valence-electron chi connectivity index (χ0n) is 11.5. The Hall–Kier alpha value is -1.84. The quantitative estimate of drug-likeness (QED) is 0.535. The summed E-state index contributed by atoms with van der Waals surface area (Å²) in [5.41, 5.74) is 0.936. The molecule has 0 unspecified atom stereocenters. The van der Waals surface area contributed by atoms with Gasteiger partial charge in [-0.2, -0.15) is 0 Å². The summed E-state index contributed by atoms with van der Waals surface area (Å²) in [4.78, 5) is 22.3. The van der Waals surface area contributed by atoms with E-state index in [4.69, 9.17) is 9.47 Å². The van der Waals surface area contributed by atoms with Crippen molar-refractivity contribution < 1.29 is 19.1 Å². The maximum absolute atomic E-state index is 11.3. The molecule has 0 atom stereocenters. The fourth-order valence-electron chi connectivity index (χ4n) is 1.51. The number of ether oxygens (including phenoxy) is 2. The summed E-state index contributed by atoms with van der Waals surface area (Å²) in [6, 6.07) is 7.13. The van der Waals surface area contributed by atoms with Crippen LogP contribution >= 0.6 is 0 Å². The summed E-state index contributed by atoms with van der Waals surface area (Å²) in [7, 11) is 0. The summed E-state index contributed by atoms with van der Waals surface area (Å²) < 4.78 is 10.3. The van der Waals surface area contributed by atoms with E-state index >= 15 is 0 Å². The minimum atomic E-state index is -0.360. The standard InChI is InChI=1S/C15H20O4/c1-3-4-9-18-15(17)11-19-14-7-5-13(6-8-14)10-12(2)16/h5-8H,3-4,9-11H2,1-2H3. The van der Waals surface area contributed by atoms with Gasteiger partial charge in [0.15, 0.2) is 6.61 Å². The Labute approximate surface area is 113 Å². The first-order chi connectivity index (χ1) is 9.11. The second-order valence-electron chi connectivity index (χ2n) is 4.39. The van der Waals surface area contributed by atoms with Crippen molar-refractivity contribution in [2.24, 2.45) is 0 Å². The lowest BCUT2D eigenvalue weighted by molar-refractivity contribution is -0.146. The molecule has 0 amide bonds. The molecule has 0 spiro atoms. The number of esters is 1. The molecule has 0 aliphatic rings. The first kappa shape index (κ1) is 15.2. The van der Waals surface area contributed by atoms with E-state index < -0.39 is 0 Å². The van der Waals surface area contributed by atoms with Crippen LogP contribution in [0.2, 0.25) is 0 Å². The molecule has 0 radical (unpaired) electrons. The monoisotopic (exact) mass is 264 g/mol. The third-order valence-corrected chi connectivity index (χ3v) is 2.49. The van der Waals surface area contributed by atoms with Gasteiger partial charge >= 0.3 is 5.97 Å². The van der Waals surface area contributed by atoms with E-state index in [-0.39, 0.29) is 18.4 Å². The van der Waals surface area contributed by atoms with Gasteiger partial charge in [0, 0.05) is 6.42 Å². The van der Waals surface area contributed by atoms with Gasteiger partial charge in [0.1, 0.15) is 11.5 Å². The van der Waals surface area contributed by atoms with Crippen LogP contribution in [0.4, 0.5) is 0 Å². The molecule has 19 heavy (non-hydrogen) atoms. The highest BCUT2D eigenvalue weighted by atomic mass is 16.6. The van der Waals surface area contributed by atoms with Crippen LogP contribution in [0.15, 0.2) is 24.3 Å². The first-order valence-corrected chi connectivity index (χ1v) is 6.48. The molecule has 0 saturated heterocycles. The van der Waals surface area contributed by atoms with E-state index in [1.807, 2.05) is 19.1 Å². The number of Topliss-reactive ketones (excluding diaryl/α,β-unsaturated/α-hetero) is 1. The molecule has 0 heterocycles. The van der Waals surface area contributed by atoms with Crippen molar-refractivity contribution >= 4 is 11.8 Å². The zero-order valence-corrected chi connectivity index (χ0v) is 11.5.